The van der Waals surface area contributed by atoms with Crippen molar-refractivity contribution < 1.29 is 0 Å². The molecule has 0 saturated heterocycles. The van der Waals surface area contributed by atoms with Crippen molar-refractivity contribution in [2.45, 2.75) is 33.2 Å². The maximum absolute atomic E-state index is 3.61. The van der Waals surface area contributed by atoms with Gasteiger partial charge in [0.1, 0.15) is 0 Å². The van der Waals surface area contributed by atoms with Gasteiger partial charge in [0.2, 0.25) is 0 Å². The number of benzene rings is 1. The molecule has 2 heteroatoms. The number of aromatic nitrogens is 1. The van der Waals surface area contributed by atoms with Gasteiger partial charge in [0.15, 0.2) is 0 Å². The molecule has 2 aromatic rings. The lowest BCUT2D eigenvalue weighted by Crippen LogP contribution is -2.23. The molecule has 96 valence electrons. The summed E-state index contributed by atoms with van der Waals surface area (Å²) >= 11 is 0. The van der Waals surface area contributed by atoms with Crippen molar-refractivity contribution in [1.29, 1.82) is 0 Å². The molecule has 0 amide bonds. The number of aryl methyl sites for hydroxylation is 2. The third kappa shape index (κ3) is 3.02. The molecule has 1 aromatic carbocycles. The van der Waals surface area contributed by atoms with E-state index in [2.05, 4.69) is 61.4 Å². The fraction of sp³-hybridized carbons (Fsp3) is 0.375. The van der Waals surface area contributed by atoms with Crippen molar-refractivity contribution in [2.75, 3.05) is 6.54 Å². The molecule has 0 aliphatic rings. The van der Waals surface area contributed by atoms with E-state index in [0.29, 0.717) is 0 Å². The SMILES string of the molecule is CCCNC(c1cc(C)cc(C)c1)c1ccc[nH]1. The number of aromatic amines is 1. The Morgan fingerprint density at radius 3 is 2.44 bits per heavy atom. The van der Waals surface area contributed by atoms with Gasteiger partial charge in [-0.25, -0.2) is 0 Å². The first-order chi connectivity index (χ1) is 8.70. The molecule has 2 rings (SSSR count). The summed E-state index contributed by atoms with van der Waals surface area (Å²) in [6, 6.07) is 11.2. The van der Waals surface area contributed by atoms with Gasteiger partial charge in [-0.3, -0.25) is 0 Å². The van der Waals surface area contributed by atoms with Crippen LogP contribution in [0.25, 0.3) is 0 Å². The number of H-pyrrole nitrogens is 1. The van der Waals surface area contributed by atoms with Crippen molar-refractivity contribution in [3.8, 4) is 0 Å². The fourth-order valence-electron chi connectivity index (χ4n) is 2.40. The van der Waals surface area contributed by atoms with Crippen LogP contribution < -0.4 is 5.32 Å². The summed E-state index contributed by atoms with van der Waals surface area (Å²) in [4.78, 5) is 3.32. The molecular formula is C16H22N2. The van der Waals surface area contributed by atoms with Crippen LogP contribution in [-0.4, -0.2) is 11.5 Å². The molecular weight excluding hydrogens is 220 g/mol. The molecule has 0 aliphatic carbocycles. The molecule has 1 aromatic heterocycles. The first-order valence-electron chi connectivity index (χ1n) is 6.65. The smallest absolute Gasteiger partial charge is 0.0729 e. The maximum Gasteiger partial charge on any atom is 0.0729 e. The van der Waals surface area contributed by atoms with Crippen LogP contribution in [0.2, 0.25) is 0 Å². The number of nitrogens with one attached hydrogen (secondary N) is 2. The van der Waals surface area contributed by atoms with Gasteiger partial charge >= 0.3 is 0 Å². The van der Waals surface area contributed by atoms with E-state index in [1.807, 2.05) is 6.20 Å². The monoisotopic (exact) mass is 242 g/mol. The van der Waals surface area contributed by atoms with Gasteiger partial charge in [0, 0.05) is 11.9 Å². The molecule has 0 spiro atoms. The Morgan fingerprint density at radius 2 is 1.89 bits per heavy atom. The van der Waals surface area contributed by atoms with Gasteiger partial charge in [0.25, 0.3) is 0 Å². The van der Waals surface area contributed by atoms with Gasteiger partial charge in [-0.1, -0.05) is 36.2 Å². The summed E-state index contributed by atoms with van der Waals surface area (Å²) in [5.74, 6) is 0. The topological polar surface area (TPSA) is 27.8 Å². The van der Waals surface area contributed by atoms with E-state index in [0.717, 1.165) is 13.0 Å². The quantitative estimate of drug-likeness (QED) is 0.821. The molecule has 1 heterocycles. The number of rotatable bonds is 5. The molecule has 2 nitrogen and oxygen atoms in total. The first-order valence-corrected chi connectivity index (χ1v) is 6.65. The zero-order valence-electron chi connectivity index (χ0n) is 11.5. The Labute approximate surface area is 109 Å². The van der Waals surface area contributed by atoms with Crippen LogP contribution in [0.5, 0.6) is 0 Å². The lowest BCUT2D eigenvalue weighted by molar-refractivity contribution is 0.588. The predicted molar refractivity (Wildman–Crippen MR) is 76.8 cm³/mol. The molecule has 0 radical (unpaired) electrons. The van der Waals surface area contributed by atoms with Crippen LogP contribution in [0, 0.1) is 13.8 Å². The minimum Gasteiger partial charge on any atom is -0.363 e. The largest absolute Gasteiger partial charge is 0.363 e. The number of hydrogen-bond donors (Lipinski definition) is 2. The summed E-state index contributed by atoms with van der Waals surface area (Å²) in [5.41, 5.74) is 5.21. The standard InChI is InChI=1S/C16H22N2/c1-4-7-18-16(15-6-5-8-17-15)14-10-12(2)9-13(3)11-14/h5-6,8-11,16-18H,4,7H2,1-3H3. The molecule has 2 N–H and O–H groups in total. The highest BCUT2D eigenvalue weighted by molar-refractivity contribution is 5.34. The zero-order chi connectivity index (χ0) is 13.0. The van der Waals surface area contributed by atoms with E-state index in [-0.39, 0.29) is 6.04 Å². The summed E-state index contributed by atoms with van der Waals surface area (Å²) in [5, 5.41) is 3.61. The minimum atomic E-state index is 0.263. The molecule has 18 heavy (non-hydrogen) atoms. The number of hydrogen-bond acceptors (Lipinski definition) is 1. The summed E-state index contributed by atoms with van der Waals surface area (Å²) < 4.78 is 0. The van der Waals surface area contributed by atoms with Gasteiger partial charge in [-0.05, 0) is 44.5 Å². The van der Waals surface area contributed by atoms with Crippen molar-refractivity contribution in [3.05, 3.63) is 58.9 Å². The maximum atomic E-state index is 3.61. The van der Waals surface area contributed by atoms with Crippen molar-refractivity contribution >= 4 is 0 Å². The van der Waals surface area contributed by atoms with Gasteiger partial charge in [-0.15, -0.1) is 0 Å². The molecule has 0 bridgehead atoms. The van der Waals surface area contributed by atoms with Gasteiger partial charge < -0.3 is 10.3 Å². The Balaban J connectivity index is 2.33. The van der Waals surface area contributed by atoms with E-state index < -0.39 is 0 Å². The normalized spacial score (nSPS) is 12.6. The summed E-state index contributed by atoms with van der Waals surface area (Å²) in [6.45, 7) is 7.53. The Kier molecular flexibility index (Phi) is 4.21. The minimum absolute atomic E-state index is 0.263. The average molecular weight is 242 g/mol. The van der Waals surface area contributed by atoms with Crippen LogP contribution >= 0.6 is 0 Å². The average Bonchev–Trinajstić information content (AvgIpc) is 2.82. The molecule has 0 fully saturated rings. The van der Waals surface area contributed by atoms with Crippen molar-refractivity contribution in [1.82, 2.24) is 10.3 Å². The second-order valence-electron chi connectivity index (χ2n) is 4.93. The third-order valence-corrected chi connectivity index (χ3v) is 3.11. The van der Waals surface area contributed by atoms with Gasteiger partial charge in [0.05, 0.1) is 6.04 Å². The molecule has 1 unspecified atom stereocenters. The van der Waals surface area contributed by atoms with E-state index in [1.165, 1.54) is 22.4 Å². The van der Waals surface area contributed by atoms with Crippen molar-refractivity contribution in [2.24, 2.45) is 0 Å². The highest BCUT2D eigenvalue weighted by Gasteiger charge is 2.14. The summed E-state index contributed by atoms with van der Waals surface area (Å²) in [7, 11) is 0. The second kappa shape index (κ2) is 5.87. The van der Waals surface area contributed by atoms with Crippen LogP contribution in [0.4, 0.5) is 0 Å². The van der Waals surface area contributed by atoms with E-state index >= 15 is 0 Å². The van der Waals surface area contributed by atoms with Crippen LogP contribution in [0.1, 0.15) is 41.8 Å². The molecule has 1 atom stereocenters. The third-order valence-electron chi connectivity index (χ3n) is 3.11. The zero-order valence-corrected chi connectivity index (χ0v) is 11.5. The first kappa shape index (κ1) is 12.9. The molecule has 0 aliphatic heterocycles. The highest BCUT2D eigenvalue weighted by atomic mass is 14.9. The summed E-state index contributed by atoms with van der Waals surface area (Å²) in [6.07, 6.45) is 3.13. The Morgan fingerprint density at radius 1 is 1.17 bits per heavy atom. The second-order valence-corrected chi connectivity index (χ2v) is 4.93. The highest BCUT2D eigenvalue weighted by Crippen LogP contribution is 2.22. The lowest BCUT2D eigenvalue weighted by atomic mass is 9.99. The fourth-order valence-corrected chi connectivity index (χ4v) is 2.40. The van der Waals surface area contributed by atoms with Crippen molar-refractivity contribution in [3.63, 3.8) is 0 Å². The van der Waals surface area contributed by atoms with E-state index in [1.54, 1.807) is 0 Å². The van der Waals surface area contributed by atoms with Crippen LogP contribution in [-0.2, 0) is 0 Å². The Hall–Kier alpha value is -1.54. The van der Waals surface area contributed by atoms with E-state index in [9.17, 15) is 0 Å². The van der Waals surface area contributed by atoms with Crippen LogP contribution in [0.3, 0.4) is 0 Å². The van der Waals surface area contributed by atoms with E-state index in [4.69, 9.17) is 0 Å². The van der Waals surface area contributed by atoms with Gasteiger partial charge in [-0.2, -0.15) is 0 Å². The predicted octanol–water partition coefficient (Wildman–Crippen LogP) is 3.72. The van der Waals surface area contributed by atoms with Crippen LogP contribution in [0.15, 0.2) is 36.5 Å². The lowest BCUT2D eigenvalue weighted by Gasteiger charge is -2.19. The Bertz CT molecular complexity index is 466. The molecule has 0 saturated carbocycles.